The second kappa shape index (κ2) is 6.53. The lowest BCUT2D eigenvalue weighted by Gasteiger charge is -2.09. The Morgan fingerprint density at radius 1 is 0.520 bits per heavy atom. The van der Waals surface area contributed by atoms with Gasteiger partial charge in [0.15, 0.2) is 5.82 Å². The Hall–Kier alpha value is -3.53. The number of rotatable bonds is 3. The SMILES string of the molecule is Nc1cccc(-c2cc(-c3ccccc3)nc(-c3ccccc3)n2)n1. The van der Waals surface area contributed by atoms with E-state index >= 15 is 0 Å². The number of pyridine rings is 1. The van der Waals surface area contributed by atoms with Crippen molar-refractivity contribution in [2.75, 3.05) is 5.73 Å². The Morgan fingerprint density at radius 2 is 1.16 bits per heavy atom. The molecule has 2 aromatic carbocycles. The van der Waals surface area contributed by atoms with Gasteiger partial charge in [0, 0.05) is 11.1 Å². The highest BCUT2D eigenvalue weighted by Gasteiger charge is 2.11. The first-order chi connectivity index (χ1) is 12.3. The fraction of sp³-hybridized carbons (Fsp3) is 0. The van der Waals surface area contributed by atoms with Crippen LogP contribution in [0.25, 0.3) is 34.0 Å². The molecule has 120 valence electrons. The molecule has 25 heavy (non-hydrogen) atoms. The van der Waals surface area contributed by atoms with Gasteiger partial charge in [0.1, 0.15) is 5.82 Å². The molecule has 0 amide bonds. The van der Waals surface area contributed by atoms with E-state index in [0.717, 1.165) is 28.2 Å². The molecule has 0 aliphatic carbocycles. The molecule has 0 aliphatic heterocycles. The fourth-order valence-electron chi connectivity index (χ4n) is 2.65. The van der Waals surface area contributed by atoms with Gasteiger partial charge in [-0.3, -0.25) is 0 Å². The fourth-order valence-corrected chi connectivity index (χ4v) is 2.65. The largest absolute Gasteiger partial charge is 0.384 e. The van der Waals surface area contributed by atoms with Crippen molar-refractivity contribution in [3.05, 3.63) is 84.9 Å². The van der Waals surface area contributed by atoms with E-state index < -0.39 is 0 Å². The van der Waals surface area contributed by atoms with Gasteiger partial charge in [-0.2, -0.15) is 0 Å². The van der Waals surface area contributed by atoms with E-state index in [1.807, 2.05) is 78.9 Å². The lowest BCUT2D eigenvalue weighted by molar-refractivity contribution is 1.16. The molecule has 0 radical (unpaired) electrons. The maximum Gasteiger partial charge on any atom is 0.160 e. The van der Waals surface area contributed by atoms with Gasteiger partial charge >= 0.3 is 0 Å². The molecule has 0 fully saturated rings. The topological polar surface area (TPSA) is 64.7 Å². The molecule has 4 heteroatoms. The van der Waals surface area contributed by atoms with Crippen LogP contribution in [0.5, 0.6) is 0 Å². The van der Waals surface area contributed by atoms with Gasteiger partial charge in [-0.15, -0.1) is 0 Å². The molecule has 0 saturated heterocycles. The quantitative estimate of drug-likeness (QED) is 0.604. The Kier molecular flexibility index (Phi) is 3.92. The van der Waals surface area contributed by atoms with Crippen LogP contribution in [0.4, 0.5) is 5.82 Å². The lowest BCUT2D eigenvalue weighted by atomic mass is 10.1. The van der Waals surface area contributed by atoms with E-state index in [0.29, 0.717) is 11.6 Å². The maximum atomic E-state index is 5.84. The van der Waals surface area contributed by atoms with Gasteiger partial charge in [-0.25, -0.2) is 15.0 Å². The zero-order valence-corrected chi connectivity index (χ0v) is 13.5. The first-order valence-corrected chi connectivity index (χ1v) is 8.02. The highest BCUT2D eigenvalue weighted by atomic mass is 14.9. The zero-order chi connectivity index (χ0) is 17.1. The minimum absolute atomic E-state index is 0.471. The standard InChI is InChI=1S/C21H16N4/c22-20-13-7-12-17(23-20)19-14-18(15-8-3-1-4-9-15)24-21(25-19)16-10-5-2-6-11-16/h1-14H,(H2,22,23). The number of nitrogens with two attached hydrogens (primary N) is 1. The normalized spacial score (nSPS) is 10.6. The van der Waals surface area contributed by atoms with Crippen LogP contribution in [0.15, 0.2) is 84.9 Å². The average Bonchev–Trinajstić information content (AvgIpc) is 2.69. The summed E-state index contributed by atoms with van der Waals surface area (Å²) in [6.07, 6.45) is 0. The number of aromatic nitrogens is 3. The minimum Gasteiger partial charge on any atom is -0.384 e. The summed E-state index contributed by atoms with van der Waals surface area (Å²) in [5, 5.41) is 0. The summed E-state index contributed by atoms with van der Waals surface area (Å²) >= 11 is 0. The third-order valence-electron chi connectivity index (χ3n) is 3.86. The summed E-state index contributed by atoms with van der Waals surface area (Å²) in [5.74, 6) is 1.14. The van der Waals surface area contributed by atoms with Crippen molar-refractivity contribution >= 4 is 5.82 Å². The number of hydrogen-bond donors (Lipinski definition) is 1. The van der Waals surface area contributed by atoms with Crippen molar-refractivity contribution in [2.45, 2.75) is 0 Å². The summed E-state index contributed by atoms with van der Waals surface area (Å²) < 4.78 is 0. The van der Waals surface area contributed by atoms with Crippen molar-refractivity contribution in [1.29, 1.82) is 0 Å². The van der Waals surface area contributed by atoms with Gasteiger partial charge in [-0.05, 0) is 18.2 Å². The molecule has 2 aromatic heterocycles. The van der Waals surface area contributed by atoms with Crippen molar-refractivity contribution < 1.29 is 0 Å². The molecule has 0 bridgehead atoms. The molecular formula is C21H16N4. The third-order valence-corrected chi connectivity index (χ3v) is 3.86. The maximum absolute atomic E-state index is 5.84. The van der Waals surface area contributed by atoms with E-state index in [9.17, 15) is 0 Å². The van der Waals surface area contributed by atoms with Crippen LogP contribution in [0.3, 0.4) is 0 Å². The number of hydrogen-bond acceptors (Lipinski definition) is 4. The third kappa shape index (κ3) is 3.23. The Morgan fingerprint density at radius 3 is 1.84 bits per heavy atom. The van der Waals surface area contributed by atoms with Gasteiger partial charge in [-0.1, -0.05) is 66.7 Å². The number of benzene rings is 2. The smallest absolute Gasteiger partial charge is 0.160 e. The van der Waals surface area contributed by atoms with Crippen LogP contribution in [-0.2, 0) is 0 Å². The molecule has 4 nitrogen and oxygen atoms in total. The molecule has 0 saturated carbocycles. The van der Waals surface area contributed by atoms with Crippen LogP contribution >= 0.6 is 0 Å². The molecule has 0 unspecified atom stereocenters. The van der Waals surface area contributed by atoms with Crippen LogP contribution in [0, 0.1) is 0 Å². The molecule has 0 aliphatic rings. The Bertz CT molecular complexity index is 941. The van der Waals surface area contributed by atoms with E-state index in [1.54, 1.807) is 6.07 Å². The average molecular weight is 324 g/mol. The van der Waals surface area contributed by atoms with Gasteiger partial charge in [0.05, 0.1) is 17.1 Å². The first kappa shape index (κ1) is 15.0. The predicted molar refractivity (Wildman–Crippen MR) is 101 cm³/mol. The highest BCUT2D eigenvalue weighted by molar-refractivity contribution is 5.70. The molecule has 4 aromatic rings. The molecule has 4 rings (SSSR count). The van der Waals surface area contributed by atoms with Gasteiger partial charge in [0.25, 0.3) is 0 Å². The summed E-state index contributed by atoms with van der Waals surface area (Å²) in [6.45, 7) is 0. The molecule has 0 atom stereocenters. The molecule has 0 spiro atoms. The first-order valence-electron chi connectivity index (χ1n) is 8.02. The van der Waals surface area contributed by atoms with E-state index in [1.165, 1.54) is 0 Å². The monoisotopic (exact) mass is 324 g/mol. The van der Waals surface area contributed by atoms with Crippen LogP contribution < -0.4 is 5.73 Å². The summed E-state index contributed by atoms with van der Waals surface area (Å²) in [6, 6.07) is 27.5. The minimum atomic E-state index is 0.471. The van der Waals surface area contributed by atoms with Crippen molar-refractivity contribution in [3.63, 3.8) is 0 Å². The van der Waals surface area contributed by atoms with E-state index in [2.05, 4.69) is 4.98 Å². The van der Waals surface area contributed by atoms with Gasteiger partial charge in [0.2, 0.25) is 0 Å². The summed E-state index contributed by atoms with van der Waals surface area (Å²) in [7, 11) is 0. The zero-order valence-electron chi connectivity index (χ0n) is 13.5. The Labute approximate surface area is 146 Å². The van der Waals surface area contributed by atoms with Crippen LogP contribution in [0.1, 0.15) is 0 Å². The van der Waals surface area contributed by atoms with Crippen molar-refractivity contribution in [3.8, 4) is 34.0 Å². The number of anilines is 1. The number of nitrogens with zero attached hydrogens (tertiary/aromatic N) is 3. The number of nitrogen functional groups attached to an aromatic ring is 1. The van der Waals surface area contributed by atoms with Crippen LogP contribution in [0.2, 0.25) is 0 Å². The van der Waals surface area contributed by atoms with Crippen molar-refractivity contribution in [2.24, 2.45) is 0 Å². The van der Waals surface area contributed by atoms with Crippen molar-refractivity contribution in [1.82, 2.24) is 15.0 Å². The second-order valence-electron chi connectivity index (χ2n) is 5.64. The lowest BCUT2D eigenvalue weighted by Crippen LogP contribution is -1.98. The Balaban J connectivity index is 1.92. The van der Waals surface area contributed by atoms with Crippen LogP contribution in [-0.4, -0.2) is 15.0 Å². The molecular weight excluding hydrogens is 308 g/mol. The van der Waals surface area contributed by atoms with Gasteiger partial charge < -0.3 is 5.73 Å². The molecule has 2 heterocycles. The molecule has 2 N–H and O–H groups in total. The summed E-state index contributed by atoms with van der Waals surface area (Å²) in [5.41, 5.74) is 10.2. The van der Waals surface area contributed by atoms with E-state index in [-0.39, 0.29) is 0 Å². The van der Waals surface area contributed by atoms with E-state index in [4.69, 9.17) is 15.7 Å². The summed E-state index contributed by atoms with van der Waals surface area (Å²) in [4.78, 5) is 13.9. The highest BCUT2D eigenvalue weighted by Crippen LogP contribution is 2.26. The predicted octanol–water partition coefficient (Wildman–Crippen LogP) is 4.45. The second-order valence-corrected chi connectivity index (χ2v) is 5.64.